The van der Waals surface area contributed by atoms with Crippen molar-refractivity contribution in [3.63, 3.8) is 0 Å². The maximum Gasteiger partial charge on any atom is 0.269 e. The number of rotatable bonds is 3. The molecule has 1 aliphatic carbocycles. The third-order valence-electron chi connectivity index (χ3n) is 4.46. The molecule has 110 valence electrons. The van der Waals surface area contributed by atoms with Crippen molar-refractivity contribution < 1.29 is 4.92 Å². The van der Waals surface area contributed by atoms with E-state index in [1.165, 1.54) is 12.8 Å². The molecule has 0 radical (unpaired) electrons. The molecule has 0 saturated heterocycles. The molecule has 1 N–H and O–H groups in total. The van der Waals surface area contributed by atoms with Crippen LogP contribution in [0.4, 0.5) is 11.4 Å². The van der Waals surface area contributed by atoms with Gasteiger partial charge in [0.25, 0.3) is 5.69 Å². The summed E-state index contributed by atoms with van der Waals surface area (Å²) in [6.07, 6.45) is 3.60. The summed E-state index contributed by atoms with van der Waals surface area (Å²) in [7, 11) is 0. The van der Waals surface area contributed by atoms with E-state index >= 15 is 0 Å². The van der Waals surface area contributed by atoms with Gasteiger partial charge in [-0.1, -0.05) is 20.8 Å². The molecule has 1 aromatic carbocycles. The van der Waals surface area contributed by atoms with Gasteiger partial charge in [-0.05, 0) is 49.1 Å². The van der Waals surface area contributed by atoms with Crippen molar-refractivity contribution in [3.8, 4) is 0 Å². The van der Waals surface area contributed by atoms with E-state index in [2.05, 4.69) is 26.1 Å². The topological polar surface area (TPSA) is 55.2 Å². The predicted molar refractivity (Wildman–Crippen MR) is 82.0 cm³/mol. The third kappa shape index (κ3) is 3.30. The standard InChI is InChI=1S/C16H24N2O2/c1-11-9-13(18(19)20)5-6-14(11)17-15-7-8-16(3,4)10-12(15)2/h5-6,9,12,15,17H,7-8,10H2,1-4H3. The molecule has 1 aliphatic rings. The normalized spacial score (nSPS) is 25.2. The number of nitro benzene ring substituents is 1. The van der Waals surface area contributed by atoms with E-state index in [1.807, 2.05) is 13.0 Å². The maximum absolute atomic E-state index is 10.8. The minimum absolute atomic E-state index is 0.158. The van der Waals surface area contributed by atoms with Gasteiger partial charge in [0, 0.05) is 23.9 Å². The molecule has 0 amide bonds. The minimum atomic E-state index is -0.345. The quantitative estimate of drug-likeness (QED) is 0.652. The Morgan fingerprint density at radius 2 is 2.10 bits per heavy atom. The van der Waals surface area contributed by atoms with Gasteiger partial charge in [0.1, 0.15) is 0 Å². The molecule has 1 fully saturated rings. The van der Waals surface area contributed by atoms with Gasteiger partial charge < -0.3 is 5.32 Å². The van der Waals surface area contributed by atoms with Crippen LogP contribution in [-0.4, -0.2) is 11.0 Å². The third-order valence-corrected chi connectivity index (χ3v) is 4.46. The summed E-state index contributed by atoms with van der Waals surface area (Å²) in [5, 5.41) is 14.3. The molecule has 1 aromatic rings. The zero-order valence-electron chi connectivity index (χ0n) is 12.8. The van der Waals surface area contributed by atoms with Crippen molar-refractivity contribution in [3.05, 3.63) is 33.9 Å². The van der Waals surface area contributed by atoms with Crippen LogP contribution in [0.3, 0.4) is 0 Å². The van der Waals surface area contributed by atoms with Crippen molar-refractivity contribution in [2.24, 2.45) is 11.3 Å². The Labute approximate surface area is 120 Å². The van der Waals surface area contributed by atoms with Gasteiger partial charge in [0.2, 0.25) is 0 Å². The highest BCUT2D eigenvalue weighted by molar-refractivity contribution is 5.56. The largest absolute Gasteiger partial charge is 0.382 e. The number of non-ortho nitro benzene ring substituents is 1. The molecule has 1 saturated carbocycles. The number of nitro groups is 1. The van der Waals surface area contributed by atoms with Crippen LogP contribution in [0.2, 0.25) is 0 Å². The first kappa shape index (κ1) is 14.8. The van der Waals surface area contributed by atoms with Gasteiger partial charge in [-0.15, -0.1) is 0 Å². The second-order valence-corrected chi connectivity index (χ2v) is 6.89. The Kier molecular flexibility index (Phi) is 4.02. The van der Waals surface area contributed by atoms with Crippen LogP contribution >= 0.6 is 0 Å². The monoisotopic (exact) mass is 276 g/mol. The predicted octanol–water partition coefficient (Wildman–Crippen LogP) is 4.53. The number of benzene rings is 1. The molecule has 2 atom stereocenters. The number of hydrogen-bond donors (Lipinski definition) is 1. The molecule has 0 bridgehead atoms. The SMILES string of the molecule is Cc1cc([N+](=O)[O-])ccc1NC1CCC(C)(C)CC1C. The Balaban J connectivity index is 2.09. The smallest absolute Gasteiger partial charge is 0.269 e. The molecule has 2 rings (SSSR count). The van der Waals surface area contributed by atoms with Crippen LogP contribution in [0.1, 0.15) is 45.6 Å². The van der Waals surface area contributed by atoms with E-state index in [0.717, 1.165) is 17.7 Å². The van der Waals surface area contributed by atoms with Gasteiger partial charge in [-0.25, -0.2) is 0 Å². The zero-order chi connectivity index (χ0) is 14.9. The molecule has 0 spiro atoms. The molecule has 0 heterocycles. The molecule has 4 heteroatoms. The van der Waals surface area contributed by atoms with Crippen LogP contribution in [0.25, 0.3) is 0 Å². The lowest BCUT2D eigenvalue weighted by atomic mass is 9.70. The minimum Gasteiger partial charge on any atom is -0.382 e. The number of hydrogen-bond acceptors (Lipinski definition) is 3. The summed E-state index contributed by atoms with van der Waals surface area (Å²) < 4.78 is 0. The first-order valence-electron chi connectivity index (χ1n) is 7.30. The van der Waals surface area contributed by atoms with Crippen LogP contribution in [-0.2, 0) is 0 Å². The molecular formula is C16H24N2O2. The number of nitrogens with one attached hydrogen (secondary N) is 1. The molecule has 2 unspecified atom stereocenters. The molecule has 20 heavy (non-hydrogen) atoms. The highest BCUT2D eigenvalue weighted by Gasteiger charge is 2.32. The van der Waals surface area contributed by atoms with Crippen LogP contribution in [0, 0.1) is 28.4 Å². The van der Waals surface area contributed by atoms with Crippen molar-refractivity contribution in [2.75, 3.05) is 5.32 Å². The lowest BCUT2D eigenvalue weighted by molar-refractivity contribution is -0.384. The average molecular weight is 276 g/mol. The maximum atomic E-state index is 10.8. The molecular weight excluding hydrogens is 252 g/mol. The van der Waals surface area contributed by atoms with Crippen LogP contribution < -0.4 is 5.32 Å². The van der Waals surface area contributed by atoms with Gasteiger partial charge in [0.05, 0.1) is 4.92 Å². The Hall–Kier alpha value is -1.58. The fraction of sp³-hybridized carbons (Fsp3) is 0.625. The Morgan fingerprint density at radius 3 is 2.65 bits per heavy atom. The van der Waals surface area contributed by atoms with Crippen LogP contribution in [0.15, 0.2) is 18.2 Å². The lowest BCUT2D eigenvalue weighted by Crippen LogP contribution is -2.37. The van der Waals surface area contributed by atoms with Crippen molar-refractivity contribution >= 4 is 11.4 Å². The first-order valence-corrected chi connectivity index (χ1v) is 7.30. The van der Waals surface area contributed by atoms with Gasteiger partial charge in [-0.2, -0.15) is 0 Å². The highest BCUT2D eigenvalue weighted by atomic mass is 16.6. The fourth-order valence-electron chi connectivity index (χ4n) is 3.28. The lowest BCUT2D eigenvalue weighted by Gasteiger charge is -2.40. The van der Waals surface area contributed by atoms with E-state index < -0.39 is 0 Å². The van der Waals surface area contributed by atoms with E-state index in [-0.39, 0.29) is 10.6 Å². The fourth-order valence-corrected chi connectivity index (χ4v) is 3.28. The second-order valence-electron chi connectivity index (χ2n) is 6.89. The summed E-state index contributed by atoms with van der Waals surface area (Å²) in [6, 6.07) is 5.51. The van der Waals surface area contributed by atoms with E-state index in [4.69, 9.17) is 0 Å². The number of aryl methyl sites for hydroxylation is 1. The second kappa shape index (κ2) is 5.43. The number of nitrogens with zero attached hydrogens (tertiary/aromatic N) is 1. The molecule has 0 aromatic heterocycles. The highest BCUT2D eigenvalue weighted by Crippen LogP contribution is 2.39. The molecule has 0 aliphatic heterocycles. The van der Waals surface area contributed by atoms with E-state index in [1.54, 1.807) is 12.1 Å². The Morgan fingerprint density at radius 1 is 1.40 bits per heavy atom. The van der Waals surface area contributed by atoms with Gasteiger partial charge in [-0.3, -0.25) is 10.1 Å². The van der Waals surface area contributed by atoms with Gasteiger partial charge >= 0.3 is 0 Å². The van der Waals surface area contributed by atoms with Crippen LogP contribution in [0.5, 0.6) is 0 Å². The first-order chi connectivity index (χ1) is 9.28. The summed E-state index contributed by atoms with van der Waals surface area (Å²) in [5.74, 6) is 0.619. The summed E-state index contributed by atoms with van der Waals surface area (Å²) in [5.41, 5.74) is 2.55. The summed E-state index contributed by atoms with van der Waals surface area (Å²) in [6.45, 7) is 8.87. The van der Waals surface area contributed by atoms with Crippen molar-refractivity contribution in [1.29, 1.82) is 0 Å². The zero-order valence-corrected chi connectivity index (χ0v) is 12.8. The van der Waals surface area contributed by atoms with E-state index in [0.29, 0.717) is 17.4 Å². The summed E-state index contributed by atoms with van der Waals surface area (Å²) >= 11 is 0. The Bertz CT molecular complexity index is 511. The van der Waals surface area contributed by atoms with Crippen molar-refractivity contribution in [2.45, 2.75) is 53.0 Å². The average Bonchev–Trinajstić information content (AvgIpc) is 2.33. The summed E-state index contributed by atoms with van der Waals surface area (Å²) in [4.78, 5) is 10.4. The number of anilines is 1. The van der Waals surface area contributed by atoms with Gasteiger partial charge in [0.15, 0.2) is 0 Å². The van der Waals surface area contributed by atoms with E-state index in [9.17, 15) is 10.1 Å². The molecule has 4 nitrogen and oxygen atoms in total. The van der Waals surface area contributed by atoms with Crippen molar-refractivity contribution in [1.82, 2.24) is 0 Å².